The topological polar surface area (TPSA) is 42.9 Å². The zero-order valence-corrected chi connectivity index (χ0v) is 9.04. The van der Waals surface area contributed by atoms with E-state index < -0.39 is 10.8 Å². The van der Waals surface area contributed by atoms with Crippen LogP contribution in [0.4, 0.5) is 0 Å². The highest BCUT2D eigenvalue weighted by molar-refractivity contribution is 7.87. The summed E-state index contributed by atoms with van der Waals surface area (Å²) in [4.78, 5) is 0. The first-order valence-electron chi connectivity index (χ1n) is 3.86. The van der Waals surface area contributed by atoms with Crippen molar-refractivity contribution in [3.8, 4) is 0 Å². The van der Waals surface area contributed by atoms with Gasteiger partial charge in [-0.3, -0.25) is 4.21 Å². The lowest BCUT2D eigenvalue weighted by molar-refractivity contribution is 0.671. The molecule has 0 aliphatic carbocycles. The largest absolute Gasteiger partial charge is 0.253 e. The van der Waals surface area contributed by atoms with Gasteiger partial charge in [0.1, 0.15) is 4.21 Å². The summed E-state index contributed by atoms with van der Waals surface area (Å²) in [5.74, 6) is 0. The minimum absolute atomic E-state index is 0.200. The first kappa shape index (κ1) is 9.80. The molecule has 0 radical (unpaired) electrons. The van der Waals surface area contributed by atoms with E-state index in [9.17, 15) is 4.21 Å². The van der Waals surface area contributed by atoms with Crippen molar-refractivity contribution in [3.05, 3.63) is 5.69 Å². The summed E-state index contributed by atoms with van der Waals surface area (Å²) in [5.41, 5.74) is 0.804. The molecule has 12 heavy (non-hydrogen) atoms. The van der Waals surface area contributed by atoms with Crippen molar-refractivity contribution in [2.75, 3.05) is 0 Å². The summed E-state index contributed by atoms with van der Waals surface area (Å²) in [5, 5.41) is 4.03. The van der Waals surface area contributed by atoms with Gasteiger partial charge in [-0.05, 0) is 24.9 Å². The maximum atomic E-state index is 11.7. The molecular formula is C7H12N2OS2. The summed E-state index contributed by atoms with van der Waals surface area (Å²) in [6, 6.07) is 0. The van der Waals surface area contributed by atoms with Crippen molar-refractivity contribution in [3.63, 3.8) is 0 Å². The van der Waals surface area contributed by atoms with Crippen LogP contribution in [-0.4, -0.2) is 19.0 Å². The Morgan fingerprint density at radius 3 is 2.75 bits per heavy atom. The van der Waals surface area contributed by atoms with Crippen LogP contribution in [0.1, 0.15) is 26.0 Å². The minimum Gasteiger partial charge on any atom is -0.253 e. The van der Waals surface area contributed by atoms with E-state index in [1.54, 1.807) is 0 Å². The molecule has 1 heterocycles. The van der Waals surface area contributed by atoms with Crippen LogP contribution in [0.3, 0.4) is 0 Å². The van der Waals surface area contributed by atoms with Crippen LogP contribution >= 0.6 is 11.5 Å². The first-order chi connectivity index (χ1) is 5.66. The molecule has 2 atom stereocenters. The summed E-state index contributed by atoms with van der Waals surface area (Å²) in [7, 11) is -0.915. The molecule has 0 unspecified atom stereocenters. The van der Waals surface area contributed by atoms with Crippen LogP contribution in [0, 0.1) is 6.92 Å². The van der Waals surface area contributed by atoms with E-state index in [1.807, 2.05) is 20.8 Å². The molecule has 0 amide bonds. The monoisotopic (exact) mass is 204 g/mol. The molecule has 1 rings (SSSR count). The van der Waals surface area contributed by atoms with E-state index in [0.717, 1.165) is 16.3 Å². The predicted octanol–water partition coefficient (Wildman–Crippen LogP) is 1.75. The van der Waals surface area contributed by atoms with Crippen molar-refractivity contribution in [1.82, 2.24) is 9.59 Å². The Labute approximate surface area is 78.8 Å². The van der Waals surface area contributed by atoms with Crippen molar-refractivity contribution in [1.29, 1.82) is 0 Å². The van der Waals surface area contributed by atoms with E-state index >= 15 is 0 Å². The summed E-state index contributed by atoms with van der Waals surface area (Å²) >= 11 is 1.24. The van der Waals surface area contributed by atoms with Gasteiger partial charge in [0.2, 0.25) is 0 Å². The van der Waals surface area contributed by atoms with Crippen LogP contribution in [0.2, 0.25) is 0 Å². The Bertz CT molecular complexity index is 285. The van der Waals surface area contributed by atoms with E-state index in [1.165, 1.54) is 11.5 Å². The maximum absolute atomic E-state index is 11.7. The van der Waals surface area contributed by atoms with Crippen LogP contribution < -0.4 is 0 Å². The number of nitrogens with zero attached hydrogens (tertiary/aromatic N) is 2. The van der Waals surface area contributed by atoms with Gasteiger partial charge in [-0.2, -0.15) is 0 Å². The first-order valence-corrected chi connectivity index (χ1v) is 5.85. The van der Waals surface area contributed by atoms with Gasteiger partial charge in [-0.15, -0.1) is 5.10 Å². The third-order valence-electron chi connectivity index (χ3n) is 1.73. The highest BCUT2D eigenvalue weighted by Gasteiger charge is 2.16. The number of hydrogen-bond acceptors (Lipinski definition) is 4. The molecular weight excluding hydrogens is 192 g/mol. The maximum Gasteiger partial charge on any atom is 0.135 e. The van der Waals surface area contributed by atoms with E-state index in [0.29, 0.717) is 0 Å². The fourth-order valence-electron chi connectivity index (χ4n) is 0.742. The number of aryl methyl sites for hydroxylation is 1. The second-order valence-electron chi connectivity index (χ2n) is 2.66. The zero-order valence-electron chi connectivity index (χ0n) is 7.40. The summed E-state index contributed by atoms with van der Waals surface area (Å²) in [6.45, 7) is 5.86. The second kappa shape index (κ2) is 4.09. The summed E-state index contributed by atoms with van der Waals surface area (Å²) < 4.78 is 16.3. The van der Waals surface area contributed by atoms with E-state index in [2.05, 4.69) is 9.59 Å². The summed E-state index contributed by atoms with van der Waals surface area (Å²) in [6.07, 6.45) is 0.921. The Kier molecular flexibility index (Phi) is 3.34. The molecule has 0 N–H and O–H groups in total. The molecule has 0 bridgehead atoms. The molecule has 0 aromatic carbocycles. The van der Waals surface area contributed by atoms with Gasteiger partial charge < -0.3 is 0 Å². The van der Waals surface area contributed by atoms with Gasteiger partial charge in [0.05, 0.1) is 16.5 Å². The highest BCUT2D eigenvalue weighted by Crippen LogP contribution is 2.19. The van der Waals surface area contributed by atoms with Crippen molar-refractivity contribution in [2.45, 2.75) is 36.7 Å². The fraction of sp³-hybridized carbons (Fsp3) is 0.714. The van der Waals surface area contributed by atoms with Crippen molar-refractivity contribution >= 4 is 22.3 Å². The zero-order chi connectivity index (χ0) is 9.14. The Morgan fingerprint density at radius 2 is 2.33 bits per heavy atom. The molecule has 0 aliphatic rings. The van der Waals surface area contributed by atoms with Crippen LogP contribution in [0.25, 0.3) is 0 Å². The van der Waals surface area contributed by atoms with Gasteiger partial charge in [0.15, 0.2) is 0 Å². The third kappa shape index (κ3) is 1.90. The smallest absolute Gasteiger partial charge is 0.135 e. The molecule has 1 aromatic heterocycles. The van der Waals surface area contributed by atoms with Gasteiger partial charge in [0, 0.05) is 5.25 Å². The molecule has 0 spiro atoms. The van der Waals surface area contributed by atoms with Crippen LogP contribution in [-0.2, 0) is 10.8 Å². The van der Waals surface area contributed by atoms with Gasteiger partial charge in [-0.25, -0.2) is 0 Å². The number of hydrogen-bond donors (Lipinski definition) is 0. The number of rotatable bonds is 3. The number of aromatic nitrogens is 2. The molecule has 0 aliphatic heterocycles. The SMILES string of the molecule is CC[C@H](C)[S@](=O)c1snnc1C. The Morgan fingerprint density at radius 1 is 1.67 bits per heavy atom. The molecule has 0 saturated carbocycles. The second-order valence-corrected chi connectivity index (χ2v) is 5.48. The van der Waals surface area contributed by atoms with Gasteiger partial charge >= 0.3 is 0 Å². The molecule has 0 fully saturated rings. The van der Waals surface area contributed by atoms with Crippen molar-refractivity contribution < 1.29 is 4.21 Å². The molecule has 5 heteroatoms. The normalized spacial score (nSPS) is 15.9. The highest BCUT2D eigenvalue weighted by atomic mass is 32.2. The average Bonchev–Trinajstić information content (AvgIpc) is 2.48. The molecule has 0 saturated heterocycles. The molecule has 3 nitrogen and oxygen atoms in total. The van der Waals surface area contributed by atoms with Crippen LogP contribution in [0.15, 0.2) is 4.21 Å². The lowest BCUT2D eigenvalue weighted by atomic mass is 10.4. The minimum atomic E-state index is -0.915. The molecule has 1 aromatic rings. The van der Waals surface area contributed by atoms with E-state index in [4.69, 9.17) is 0 Å². The van der Waals surface area contributed by atoms with Crippen molar-refractivity contribution in [2.24, 2.45) is 0 Å². The lowest BCUT2D eigenvalue weighted by Crippen LogP contribution is -2.08. The predicted molar refractivity (Wildman–Crippen MR) is 50.8 cm³/mol. The third-order valence-corrected chi connectivity index (χ3v) is 4.80. The Hall–Kier alpha value is -0.290. The fourth-order valence-corrected chi connectivity index (χ4v) is 3.04. The van der Waals surface area contributed by atoms with Crippen LogP contribution in [0.5, 0.6) is 0 Å². The standard InChI is InChI=1S/C7H12N2OS2/c1-4-5(2)12(10)7-6(3)8-9-11-7/h5H,4H2,1-3H3/t5-,12-/m0/s1. The van der Waals surface area contributed by atoms with E-state index in [-0.39, 0.29) is 5.25 Å². The Balaban J connectivity index is 2.85. The van der Waals surface area contributed by atoms with Gasteiger partial charge in [0.25, 0.3) is 0 Å². The quantitative estimate of drug-likeness (QED) is 0.753. The average molecular weight is 204 g/mol. The van der Waals surface area contributed by atoms with Gasteiger partial charge in [-0.1, -0.05) is 18.3 Å². The molecule has 68 valence electrons. The lowest BCUT2D eigenvalue weighted by Gasteiger charge is -2.05.